The first kappa shape index (κ1) is 11.8. The number of nitrogens with zero attached hydrogens (tertiary/aromatic N) is 2. The summed E-state index contributed by atoms with van der Waals surface area (Å²) in [4.78, 5) is 0. The Morgan fingerprint density at radius 3 is 2.76 bits per heavy atom. The maximum absolute atomic E-state index is 13.0. The number of benzene rings is 1. The second kappa shape index (κ2) is 5.10. The van der Waals surface area contributed by atoms with Crippen molar-refractivity contribution in [2.75, 3.05) is 7.11 Å². The van der Waals surface area contributed by atoms with E-state index < -0.39 is 0 Å². The van der Waals surface area contributed by atoms with Crippen LogP contribution in [0.3, 0.4) is 0 Å². The molecule has 0 aliphatic heterocycles. The Labute approximate surface area is 103 Å². The Morgan fingerprint density at radius 2 is 2.12 bits per heavy atom. The van der Waals surface area contributed by atoms with Gasteiger partial charge in [0.15, 0.2) is 0 Å². The molecule has 3 nitrogen and oxygen atoms in total. The molecule has 0 saturated heterocycles. The fourth-order valence-electron chi connectivity index (χ4n) is 1.48. The number of hydrogen-bond acceptors (Lipinski definition) is 3. The molecule has 1 aromatic carbocycles. The number of ether oxygens (including phenoxy) is 1. The molecule has 5 heteroatoms. The van der Waals surface area contributed by atoms with E-state index >= 15 is 0 Å². The van der Waals surface area contributed by atoms with Gasteiger partial charge >= 0.3 is 0 Å². The maximum Gasteiger partial charge on any atom is 0.252 e. The van der Waals surface area contributed by atoms with Crippen molar-refractivity contribution in [3.05, 3.63) is 52.4 Å². The fraction of sp³-hybridized carbons (Fsp3) is 0.167. The lowest BCUT2D eigenvalue weighted by Gasteiger charge is -2.04. The smallest absolute Gasteiger partial charge is 0.252 e. The molecule has 0 radical (unpaired) electrons. The molecule has 1 heterocycles. The highest BCUT2D eigenvalue weighted by Gasteiger charge is 2.06. The summed E-state index contributed by atoms with van der Waals surface area (Å²) < 4.78 is 17.9. The first-order valence-electron chi connectivity index (χ1n) is 4.99. The van der Waals surface area contributed by atoms with Crippen molar-refractivity contribution in [1.29, 1.82) is 0 Å². The Hall–Kier alpha value is -1.68. The molecule has 1 aromatic heterocycles. The van der Waals surface area contributed by atoms with Crippen LogP contribution in [0.2, 0.25) is 5.02 Å². The van der Waals surface area contributed by atoms with Gasteiger partial charge in [0, 0.05) is 6.42 Å². The van der Waals surface area contributed by atoms with Crippen LogP contribution in [-0.4, -0.2) is 17.3 Å². The van der Waals surface area contributed by atoms with Gasteiger partial charge in [0.05, 0.1) is 12.8 Å². The van der Waals surface area contributed by atoms with Crippen LogP contribution in [0, 0.1) is 5.82 Å². The van der Waals surface area contributed by atoms with E-state index in [0.29, 0.717) is 17.1 Å². The van der Waals surface area contributed by atoms with Gasteiger partial charge in [0.25, 0.3) is 5.88 Å². The van der Waals surface area contributed by atoms with Gasteiger partial charge in [-0.2, -0.15) is 5.10 Å². The Kier molecular flexibility index (Phi) is 3.54. The van der Waals surface area contributed by atoms with Crippen molar-refractivity contribution in [3.63, 3.8) is 0 Å². The fourth-order valence-corrected chi connectivity index (χ4v) is 1.72. The van der Waals surface area contributed by atoms with E-state index in [1.807, 2.05) is 6.07 Å². The average Bonchev–Trinajstić information content (AvgIpc) is 2.29. The van der Waals surface area contributed by atoms with E-state index in [9.17, 15) is 4.39 Å². The Bertz CT molecular complexity index is 534. The van der Waals surface area contributed by atoms with Crippen LogP contribution in [0.4, 0.5) is 4.39 Å². The zero-order chi connectivity index (χ0) is 12.3. The SMILES string of the molecule is COc1nnc(Cc2cccc(F)c2)cc1Cl. The Balaban J connectivity index is 2.22. The monoisotopic (exact) mass is 252 g/mol. The van der Waals surface area contributed by atoms with Crippen molar-refractivity contribution >= 4 is 11.6 Å². The van der Waals surface area contributed by atoms with Crippen LogP contribution in [-0.2, 0) is 6.42 Å². The van der Waals surface area contributed by atoms with Gasteiger partial charge in [0.1, 0.15) is 10.8 Å². The van der Waals surface area contributed by atoms with Gasteiger partial charge in [-0.1, -0.05) is 23.7 Å². The number of hydrogen-bond donors (Lipinski definition) is 0. The van der Waals surface area contributed by atoms with E-state index in [4.69, 9.17) is 16.3 Å². The quantitative estimate of drug-likeness (QED) is 0.843. The molecule has 0 unspecified atom stereocenters. The number of halogens is 2. The third-order valence-electron chi connectivity index (χ3n) is 2.23. The summed E-state index contributed by atoms with van der Waals surface area (Å²) in [5.41, 5.74) is 1.49. The van der Waals surface area contributed by atoms with Gasteiger partial charge in [0.2, 0.25) is 0 Å². The molecule has 0 spiro atoms. The molecule has 0 aliphatic rings. The number of aromatic nitrogens is 2. The summed E-state index contributed by atoms with van der Waals surface area (Å²) >= 11 is 5.93. The highest BCUT2D eigenvalue weighted by atomic mass is 35.5. The van der Waals surface area contributed by atoms with Gasteiger partial charge in [-0.3, -0.25) is 0 Å². The van der Waals surface area contributed by atoms with E-state index in [2.05, 4.69) is 10.2 Å². The second-order valence-corrected chi connectivity index (χ2v) is 3.91. The van der Waals surface area contributed by atoms with E-state index in [-0.39, 0.29) is 11.7 Å². The molecule has 17 heavy (non-hydrogen) atoms. The van der Waals surface area contributed by atoms with E-state index in [1.54, 1.807) is 12.1 Å². The van der Waals surface area contributed by atoms with Crippen LogP contribution in [0.1, 0.15) is 11.3 Å². The molecular weight excluding hydrogens is 243 g/mol. The standard InChI is InChI=1S/C12H10ClFN2O/c1-17-12-11(13)7-10(15-16-12)6-8-3-2-4-9(14)5-8/h2-5,7H,6H2,1H3. The zero-order valence-corrected chi connectivity index (χ0v) is 9.91. The molecule has 2 rings (SSSR count). The topological polar surface area (TPSA) is 35.0 Å². The van der Waals surface area contributed by atoms with E-state index in [0.717, 1.165) is 5.56 Å². The average molecular weight is 253 g/mol. The van der Waals surface area contributed by atoms with Gasteiger partial charge in [-0.05, 0) is 23.8 Å². The first-order valence-corrected chi connectivity index (χ1v) is 5.37. The van der Waals surface area contributed by atoms with Crippen molar-refractivity contribution in [2.45, 2.75) is 6.42 Å². The molecular formula is C12H10ClFN2O. The normalized spacial score (nSPS) is 10.3. The Morgan fingerprint density at radius 1 is 1.29 bits per heavy atom. The first-order chi connectivity index (χ1) is 8.19. The van der Waals surface area contributed by atoms with Gasteiger partial charge in [-0.15, -0.1) is 5.10 Å². The molecule has 0 bridgehead atoms. The van der Waals surface area contributed by atoms with Crippen LogP contribution in [0.25, 0.3) is 0 Å². The van der Waals surface area contributed by atoms with E-state index in [1.165, 1.54) is 19.2 Å². The predicted molar refractivity (Wildman–Crippen MR) is 62.8 cm³/mol. The molecule has 88 valence electrons. The summed E-state index contributed by atoms with van der Waals surface area (Å²) in [6, 6.07) is 8.00. The van der Waals surface area contributed by atoms with Gasteiger partial charge < -0.3 is 4.74 Å². The molecule has 2 aromatic rings. The second-order valence-electron chi connectivity index (χ2n) is 3.50. The minimum atomic E-state index is -0.268. The summed E-state index contributed by atoms with van der Waals surface area (Å²) in [7, 11) is 1.47. The molecule has 0 atom stereocenters. The van der Waals surface area contributed by atoms with Crippen molar-refractivity contribution in [3.8, 4) is 5.88 Å². The summed E-state index contributed by atoms with van der Waals surface area (Å²) in [6.07, 6.45) is 0.481. The minimum Gasteiger partial charge on any atom is -0.479 e. The highest BCUT2D eigenvalue weighted by Crippen LogP contribution is 2.21. The van der Waals surface area contributed by atoms with Crippen LogP contribution < -0.4 is 4.74 Å². The number of methoxy groups -OCH3 is 1. The maximum atomic E-state index is 13.0. The predicted octanol–water partition coefficient (Wildman–Crippen LogP) is 2.87. The molecule has 0 amide bonds. The van der Waals surface area contributed by atoms with Crippen LogP contribution >= 0.6 is 11.6 Å². The lowest BCUT2D eigenvalue weighted by Crippen LogP contribution is -1.98. The lowest BCUT2D eigenvalue weighted by atomic mass is 10.1. The lowest BCUT2D eigenvalue weighted by molar-refractivity contribution is 0.391. The molecule has 0 N–H and O–H groups in total. The third-order valence-corrected chi connectivity index (χ3v) is 2.51. The van der Waals surface area contributed by atoms with Crippen LogP contribution in [0.5, 0.6) is 5.88 Å². The summed E-state index contributed by atoms with van der Waals surface area (Å²) in [5.74, 6) is 0.0183. The molecule has 0 aliphatic carbocycles. The summed E-state index contributed by atoms with van der Waals surface area (Å²) in [6.45, 7) is 0. The molecule has 0 fully saturated rings. The van der Waals surface area contributed by atoms with Crippen molar-refractivity contribution in [1.82, 2.24) is 10.2 Å². The third kappa shape index (κ3) is 2.91. The number of rotatable bonds is 3. The zero-order valence-electron chi connectivity index (χ0n) is 9.15. The largest absolute Gasteiger partial charge is 0.479 e. The molecule has 0 saturated carbocycles. The summed E-state index contributed by atoms with van der Waals surface area (Å²) in [5, 5.41) is 8.17. The van der Waals surface area contributed by atoms with Crippen LogP contribution in [0.15, 0.2) is 30.3 Å². The van der Waals surface area contributed by atoms with Crippen molar-refractivity contribution < 1.29 is 9.13 Å². The highest BCUT2D eigenvalue weighted by molar-refractivity contribution is 6.31. The van der Waals surface area contributed by atoms with Crippen molar-refractivity contribution in [2.24, 2.45) is 0 Å². The van der Waals surface area contributed by atoms with Gasteiger partial charge in [-0.25, -0.2) is 4.39 Å². The minimum absolute atomic E-state index is 0.268.